The van der Waals surface area contributed by atoms with E-state index < -0.39 is 31.5 Å². The number of carbonyl (C=O) groups is 1. The van der Waals surface area contributed by atoms with Crippen molar-refractivity contribution in [2.75, 3.05) is 24.2 Å². The Balaban J connectivity index is 1.66. The number of carbonyl (C=O) groups excluding carboxylic acids is 1. The zero-order chi connectivity index (χ0) is 20.2. The third-order valence-electron chi connectivity index (χ3n) is 4.51. The monoisotopic (exact) mass is 422 g/mol. The summed E-state index contributed by atoms with van der Waals surface area (Å²) in [6.45, 7) is 1.02. The van der Waals surface area contributed by atoms with Crippen LogP contribution in [-0.4, -0.2) is 45.9 Å². The molecular formula is C19H22N2O5S2. The number of sulfone groups is 1. The van der Waals surface area contributed by atoms with Gasteiger partial charge >= 0.3 is 0 Å². The molecule has 0 spiro atoms. The fourth-order valence-corrected chi connectivity index (χ4v) is 5.72. The van der Waals surface area contributed by atoms with Crippen molar-refractivity contribution < 1.29 is 21.6 Å². The van der Waals surface area contributed by atoms with Crippen LogP contribution in [0.4, 0.5) is 5.69 Å². The maximum atomic E-state index is 12.6. The second-order valence-electron chi connectivity index (χ2n) is 6.61. The number of nitrogens with one attached hydrogen (secondary N) is 1. The van der Waals surface area contributed by atoms with E-state index in [1.165, 1.54) is 40.7 Å². The van der Waals surface area contributed by atoms with Gasteiger partial charge < -0.3 is 5.32 Å². The van der Waals surface area contributed by atoms with Gasteiger partial charge in [-0.15, -0.1) is 0 Å². The third kappa shape index (κ3) is 4.78. The molecule has 0 aromatic heterocycles. The number of amides is 1. The van der Waals surface area contributed by atoms with Crippen molar-refractivity contribution in [2.24, 2.45) is 0 Å². The summed E-state index contributed by atoms with van der Waals surface area (Å²) >= 11 is 0. The van der Waals surface area contributed by atoms with Crippen molar-refractivity contribution in [3.63, 3.8) is 0 Å². The lowest BCUT2D eigenvalue weighted by Crippen LogP contribution is -2.35. The molecule has 3 rings (SSSR count). The van der Waals surface area contributed by atoms with Crippen LogP contribution < -0.4 is 5.32 Å². The van der Waals surface area contributed by atoms with Crippen LogP contribution in [0.2, 0.25) is 0 Å². The van der Waals surface area contributed by atoms with Crippen molar-refractivity contribution in [3.8, 4) is 0 Å². The van der Waals surface area contributed by atoms with E-state index in [0.717, 1.165) is 19.3 Å². The summed E-state index contributed by atoms with van der Waals surface area (Å²) in [5, 5.41) is 2.50. The number of hydrogen-bond donors (Lipinski definition) is 1. The molecule has 0 atom stereocenters. The Bertz CT molecular complexity index is 1030. The fraction of sp³-hybridized carbons (Fsp3) is 0.316. The second-order valence-corrected chi connectivity index (χ2v) is 10.5. The van der Waals surface area contributed by atoms with Gasteiger partial charge in [0.25, 0.3) is 0 Å². The highest BCUT2D eigenvalue weighted by Gasteiger charge is 2.26. The average molecular weight is 423 g/mol. The van der Waals surface area contributed by atoms with E-state index in [1.54, 1.807) is 18.2 Å². The minimum Gasteiger partial charge on any atom is -0.325 e. The van der Waals surface area contributed by atoms with E-state index >= 15 is 0 Å². The Morgan fingerprint density at radius 3 is 2.04 bits per heavy atom. The summed E-state index contributed by atoms with van der Waals surface area (Å²) in [5.74, 6) is -1.37. The maximum absolute atomic E-state index is 12.6. The second kappa shape index (κ2) is 8.42. The number of hydrogen-bond acceptors (Lipinski definition) is 5. The lowest BCUT2D eigenvalue weighted by molar-refractivity contribution is -0.113. The van der Waals surface area contributed by atoms with Gasteiger partial charge in [0.15, 0.2) is 9.84 Å². The first kappa shape index (κ1) is 20.5. The summed E-state index contributed by atoms with van der Waals surface area (Å²) in [4.78, 5) is 12.3. The summed E-state index contributed by atoms with van der Waals surface area (Å²) in [6, 6.07) is 13.5. The van der Waals surface area contributed by atoms with Crippen LogP contribution >= 0.6 is 0 Å². The van der Waals surface area contributed by atoms with Crippen LogP contribution in [-0.2, 0) is 24.7 Å². The molecule has 1 saturated heterocycles. The summed E-state index contributed by atoms with van der Waals surface area (Å²) in [7, 11) is -7.29. The molecule has 1 fully saturated rings. The van der Waals surface area contributed by atoms with E-state index in [-0.39, 0.29) is 9.79 Å². The number of piperidine rings is 1. The first-order chi connectivity index (χ1) is 13.3. The molecule has 0 unspecified atom stereocenters. The molecule has 2 aromatic carbocycles. The van der Waals surface area contributed by atoms with E-state index in [2.05, 4.69) is 5.32 Å². The summed E-state index contributed by atoms with van der Waals surface area (Å²) in [6.07, 6.45) is 2.73. The number of nitrogens with zero attached hydrogens (tertiary/aromatic N) is 1. The van der Waals surface area contributed by atoms with Crippen molar-refractivity contribution in [1.82, 2.24) is 4.31 Å². The molecular weight excluding hydrogens is 400 g/mol. The maximum Gasteiger partial charge on any atom is 0.243 e. The predicted molar refractivity (Wildman–Crippen MR) is 106 cm³/mol. The molecule has 28 heavy (non-hydrogen) atoms. The number of benzene rings is 2. The topological polar surface area (TPSA) is 101 Å². The van der Waals surface area contributed by atoms with Gasteiger partial charge in [-0.05, 0) is 49.2 Å². The van der Waals surface area contributed by atoms with Gasteiger partial charge in [-0.25, -0.2) is 16.8 Å². The minimum atomic E-state index is -3.74. The quantitative estimate of drug-likeness (QED) is 0.770. The highest BCUT2D eigenvalue weighted by atomic mass is 32.2. The Hall–Kier alpha value is -2.23. The van der Waals surface area contributed by atoms with Crippen LogP contribution in [0.15, 0.2) is 64.4 Å². The lowest BCUT2D eigenvalue weighted by atomic mass is 10.2. The van der Waals surface area contributed by atoms with Gasteiger partial charge in [-0.2, -0.15) is 4.31 Å². The van der Waals surface area contributed by atoms with Crippen molar-refractivity contribution >= 4 is 31.5 Å². The Morgan fingerprint density at radius 2 is 1.43 bits per heavy atom. The first-order valence-corrected chi connectivity index (χ1v) is 12.1. The number of sulfonamides is 1. The molecule has 0 radical (unpaired) electrons. The van der Waals surface area contributed by atoms with Crippen LogP contribution in [0.25, 0.3) is 0 Å². The largest absolute Gasteiger partial charge is 0.325 e. The summed E-state index contributed by atoms with van der Waals surface area (Å²) < 4.78 is 51.2. The van der Waals surface area contributed by atoms with Crippen molar-refractivity contribution in [1.29, 1.82) is 0 Å². The molecule has 0 aliphatic carbocycles. The van der Waals surface area contributed by atoms with Crippen molar-refractivity contribution in [2.45, 2.75) is 29.1 Å². The smallest absolute Gasteiger partial charge is 0.243 e. The van der Waals surface area contributed by atoms with Gasteiger partial charge in [0, 0.05) is 18.8 Å². The van der Waals surface area contributed by atoms with Crippen LogP contribution in [0.3, 0.4) is 0 Å². The molecule has 1 amide bonds. The number of rotatable bonds is 6. The van der Waals surface area contributed by atoms with Crippen LogP contribution in [0.1, 0.15) is 19.3 Å². The van der Waals surface area contributed by atoms with E-state index in [0.29, 0.717) is 18.8 Å². The average Bonchev–Trinajstić information content (AvgIpc) is 2.69. The van der Waals surface area contributed by atoms with E-state index in [1.807, 2.05) is 0 Å². The van der Waals surface area contributed by atoms with E-state index in [9.17, 15) is 21.6 Å². The summed E-state index contributed by atoms with van der Waals surface area (Å²) in [5.41, 5.74) is 0.339. The van der Waals surface area contributed by atoms with Gasteiger partial charge in [0.2, 0.25) is 15.9 Å². The molecule has 1 heterocycles. The van der Waals surface area contributed by atoms with Crippen molar-refractivity contribution in [3.05, 3.63) is 54.6 Å². The molecule has 0 bridgehead atoms. The molecule has 150 valence electrons. The van der Waals surface area contributed by atoms with Gasteiger partial charge in [0.05, 0.1) is 9.79 Å². The Kier molecular flexibility index (Phi) is 6.17. The highest BCUT2D eigenvalue weighted by molar-refractivity contribution is 7.92. The molecule has 1 aliphatic rings. The molecule has 0 saturated carbocycles. The SMILES string of the molecule is O=C(CS(=O)(=O)c1ccccc1)Nc1ccc(S(=O)(=O)N2CCCCC2)cc1. The van der Waals surface area contributed by atoms with Gasteiger partial charge in [0.1, 0.15) is 5.75 Å². The lowest BCUT2D eigenvalue weighted by Gasteiger charge is -2.25. The van der Waals surface area contributed by atoms with Crippen LogP contribution in [0, 0.1) is 0 Å². The molecule has 1 aliphatic heterocycles. The zero-order valence-electron chi connectivity index (χ0n) is 15.2. The van der Waals surface area contributed by atoms with Gasteiger partial charge in [-0.3, -0.25) is 4.79 Å². The van der Waals surface area contributed by atoms with Gasteiger partial charge in [-0.1, -0.05) is 24.6 Å². The number of anilines is 1. The molecule has 1 N–H and O–H groups in total. The Labute approximate surface area is 165 Å². The highest BCUT2D eigenvalue weighted by Crippen LogP contribution is 2.22. The first-order valence-electron chi connectivity index (χ1n) is 8.97. The normalized spacial score (nSPS) is 15.9. The minimum absolute atomic E-state index is 0.0770. The predicted octanol–water partition coefficient (Wildman–Crippen LogP) is 2.27. The third-order valence-corrected chi connectivity index (χ3v) is 8.06. The Morgan fingerprint density at radius 1 is 0.821 bits per heavy atom. The fourth-order valence-electron chi connectivity index (χ4n) is 3.05. The van der Waals surface area contributed by atoms with E-state index in [4.69, 9.17) is 0 Å². The van der Waals surface area contributed by atoms with Crippen LogP contribution in [0.5, 0.6) is 0 Å². The standard InChI is InChI=1S/C19H22N2O5S2/c22-19(15-27(23,24)17-7-3-1-4-8-17)20-16-9-11-18(12-10-16)28(25,26)21-13-5-2-6-14-21/h1,3-4,7-12H,2,5-6,13-15H2,(H,20,22). The molecule has 2 aromatic rings. The molecule has 7 nitrogen and oxygen atoms in total. The molecule has 9 heteroatoms. The zero-order valence-corrected chi connectivity index (χ0v) is 16.9.